The second-order valence-electron chi connectivity index (χ2n) is 5.39. The van der Waals surface area contributed by atoms with E-state index in [4.69, 9.17) is 5.11 Å². The number of carbonyl (C=O) groups excluding carboxylic acids is 1. The number of hydrogen-bond donors (Lipinski definition) is 2. The fourth-order valence-electron chi connectivity index (χ4n) is 2.55. The van der Waals surface area contributed by atoms with E-state index in [1.807, 2.05) is 0 Å². The summed E-state index contributed by atoms with van der Waals surface area (Å²) in [7, 11) is 0. The Hall–Kier alpha value is -1.86. The van der Waals surface area contributed by atoms with Crippen molar-refractivity contribution in [1.29, 1.82) is 0 Å². The van der Waals surface area contributed by atoms with Crippen molar-refractivity contribution in [2.24, 2.45) is 11.8 Å². The molecule has 1 aromatic heterocycles. The van der Waals surface area contributed by atoms with Gasteiger partial charge in [0.15, 0.2) is 0 Å². The van der Waals surface area contributed by atoms with Crippen LogP contribution < -0.4 is 5.32 Å². The summed E-state index contributed by atoms with van der Waals surface area (Å²) in [6, 6.07) is 3.65. The predicted molar refractivity (Wildman–Crippen MR) is 77.0 cm³/mol. The fraction of sp³-hybridized carbons (Fsp3) is 0.500. The molecule has 1 amide bonds. The molecule has 4 heteroatoms. The number of carbonyl (C=O) groups is 1. The molecule has 2 rings (SSSR count). The molecule has 1 saturated carbocycles. The van der Waals surface area contributed by atoms with Crippen LogP contribution in [0.25, 0.3) is 0 Å². The molecule has 0 bridgehead atoms. The van der Waals surface area contributed by atoms with Crippen LogP contribution in [-0.4, -0.2) is 28.6 Å². The predicted octanol–water partition coefficient (Wildman–Crippen LogP) is 1.59. The van der Waals surface area contributed by atoms with Crippen molar-refractivity contribution in [3.63, 3.8) is 0 Å². The molecule has 1 aliphatic rings. The number of rotatable bonds is 2. The molecular formula is C16H20N2O2. The van der Waals surface area contributed by atoms with Crippen LogP contribution in [0.2, 0.25) is 0 Å². The number of hydrogen-bond acceptors (Lipinski definition) is 3. The van der Waals surface area contributed by atoms with Crippen LogP contribution in [0.15, 0.2) is 18.3 Å². The lowest BCUT2D eigenvalue weighted by Gasteiger charge is -2.19. The summed E-state index contributed by atoms with van der Waals surface area (Å²) in [5.74, 6) is 6.34. The number of pyridine rings is 1. The minimum absolute atomic E-state index is 0.127. The first-order valence-corrected chi connectivity index (χ1v) is 6.98. The zero-order valence-electron chi connectivity index (χ0n) is 11.9. The van der Waals surface area contributed by atoms with Crippen LogP contribution in [0.3, 0.4) is 0 Å². The van der Waals surface area contributed by atoms with Gasteiger partial charge in [0.2, 0.25) is 0 Å². The smallest absolute Gasteiger partial charge is 0.270 e. The first-order valence-electron chi connectivity index (χ1n) is 6.98. The van der Waals surface area contributed by atoms with Crippen LogP contribution in [0, 0.1) is 23.7 Å². The maximum atomic E-state index is 12.1. The lowest BCUT2D eigenvalue weighted by molar-refractivity contribution is 0.0922. The summed E-state index contributed by atoms with van der Waals surface area (Å²) in [6.07, 6.45) is 3.75. The summed E-state index contributed by atoms with van der Waals surface area (Å²) in [4.78, 5) is 16.3. The molecule has 106 valence electrons. The lowest BCUT2D eigenvalue weighted by atomic mass is 9.98. The van der Waals surface area contributed by atoms with E-state index in [2.05, 4.69) is 36.0 Å². The Labute approximate surface area is 119 Å². The van der Waals surface area contributed by atoms with Crippen molar-refractivity contribution in [2.45, 2.75) is 32.7 Å². The van der Waals surface area contributed by atoms with Gasteiger partial charge in [-0.25, -0.2) is 4.98 Å². The zero-order chi connectivity index (χ0) is 14.5. The highest BCUT2D eigenvalue weighted by atomic mass is 16.2. The molecule has 1 aliphatic carbocycles. The average Bonchev–Trinajstić information content (AvgIpc) is 2.77. The molecule has 0 spiro atoms. The minimum atomic E-state index is -0.181. The highest BCUT2D eigenvalue weighted by molar-refractivity contribution is 5.92. The molecule has 4 nitrogen and oxygen atoms in total. The van der Waals surface area contributed by atoms with Gasteiger partial charge in [-0.1, -0.05) is 25.7 Å². The van der Waals surface area contributed by atoms with Crippen molar-refractivity contribution in [3.05, 3.63) is 29.6 Å². The number of nitrogens with one attached hydrogen (secondary N) is 1. The average molecular weight is 272 g/mol. The molecule has 0 radical (unpaired) electrons. The largest absolute Gasteiger partial charge is 0.384 e. The molecule has 0 aliphatic heterocycles. The van der Waals surface area contributed by atoms with E-state index in [1.54, 1.807) is 18.3 Å². The molecule has 0 aromatic carbocycles. The minimum Gasteiger partial charge on any atom is -0.384 e. The third kappa shape index (κ3) is 3.37. The topological polar surface area (TPSA) is 62.2 Å². The SMILES string of the molecule is CC1CCC(NC(=O)c2ccc(C#CCO)cn2)C1C. The molecular weight excluding hydrogens is 252 g/mol. The molecule has 0 saturated heterocycles. The third-order valence-corrected chi connectivity index (χ3v) is 4.09. The van der Waals surface area contributed by atoms with Crippen LogP contribution >= 0.6 is 0 Å². The van der Waals surface area contributed by atoms with E-state index < -0.39 is 0 Å². The van der Waals surface area contributed by atoms with E-state index in [1.165, 1.54) is 0 Å². The van der Waals surface area contributed by atoms with Gasteiger partial charge in [-0.15, -0.1) is 0 Å². The molecule has 3 unspecified atom stereocenters. The Morgan fingerprint density at radius 1 is 1.45 bits per heavy atom. The number of amides is 1. The standard InChI is InChI=1S/C16H20N2O2/c1-11-5-7-14(12(11)2)18-16(20)15-8-6-13(10-17-15)4-3-9-19/h6,8,10-12,14,19H,5,7,9H2,1-2H3,(H,18,20). The van der Waals surface area contributed by atoms with Crippen molar-refractivity contribution in [2.75, 3.05) is 6.61 Å². The van der Waals surface area contributed by atoms with Gasteiger partial charge in [0.1, 0.15) is 12.3 Å². The molecule has 1 fully saturated rings. The number of aliphatic hydroxyl groups excluding tert-OH is 1. The Morgan fingerprint density at radius 2 is 2.25 bits per heavy atom. The Kier molecular flexibility index (Phi) is 4.75. The Balaban J connectivity index is 1.99. The number of aliphatic hydroxyl groups is 1. The van der Waals surface area contributed by atoms with Gasteiger partial charge in [0.05, 0.1) is 0 Å². The Bertz CT molecular complexity index is 528. The molecule has 1 heterocycles. The first-order chi connectivity index (χ1) is 9.61. The van der Waals surface area contributed by atoms with Crippen LogP contribution in [-0.2, 0) is 0 Å². The fourth-order valence-corrected chi connectivity index (χ4v) is 2.55. The third-order valence-electron chi connectivity index (χ3n) is 4.09. The van der Waals surface area contributed by atoms with Crippen molar-refractivity contribution in [3.8, 4) is 11.8 Å². The summed E-state index contributed by atoms with van der Waals surface area (Å²) < 4.78 is 0. The van der Waals surface area contributed by atoms with Crippen molar-refractivity contribution < 1.29 is 9.90 Å². The summed E-state index contributed by atoms with van der Waals surface area (Å²) in [5.41, 5.74) is 1.10. The highest BCUT2D eigenvalue weighted by Gasteiger charge is 2.30. The number of nitrogens with zero attached hydrogens (tertiary/aromatic N) is 1. The first kappa shape index (κ1) is 14.5. The second kappa shape index (κ2) is 6.53. The van der Waals surface area contributed by atoms with E-state index in [0.717, 1.165) is 12.8 Å². The van der Waals surface area contributed by atoms with Gasteiger partial charge < -0.3 is 10.4 Å². The second-order valence-corrected chi connectivity index (χ2v) is 5.39. The van der Waals surface area contributed by atoms with Gasteiger partial charge in [-0.3, -0.25) is 4.79 Å². The van der Waals surface area contributed by atoms with E-state index in [0.29, 0.717) is 23.1 Å². The van der Waals surface area contributed by atoms with Crippen molar-refractivity contribution >= 4 is 5.91 Å². The molecule has 20 heavy (non-hydrogen) atoms. The van der Waals surface area contributed by atoms with E-state index >= 15 is 0 Å². The number of aromatic nitrogens is 1. The maximum absolute atomic E-state index is 12.1. The summed E-state index contributed by atoms with van der Waals surface area (Å²) in [5, 5.41) is 11.7. The monoisotopic (exact) mass is 272 g/mol. The Morgan fingerprint density at radius 3 is 2.80 bits per heavy atom. The molecule has 2 N–H and O–H groups in total. The molecule has 1 aromatic rings. The van der Waals surface area contributed by atoms with E-state index in [9.17, 15) is 4.79 Å². The van der Waals surface area contributed by atoms with Gasteiger partial charge in [0.25, 0.3) is 5.91 Å². The van der Waals surface area contributed by atoms with Crippen LogP contribution in [0.4, 0.5) is 0 Å². The molecule has 3 atom stereocenters. The van der Waals surface area contributed by atoms with Crippen molar-refractivity contribution in [1.82, 2.24) is 10.3 Å². The highest BCUT2D eigenvalue weighted by Crippen LogP contribution is 2.31. The van der Waals surface area contributed by atoms with Gasteiger partial charge in [0, 0.05) is 17.8 Å². The quantitative estimate of drug-likeness (QED) is 0.804. The lowest BCUT2D eigenvalue weighted by Crippen LogP contribution is -2.37. The summed E-state index contributed by atoms with van der Waals surface area (Å²) >= 11 is 0. The normalized spacial score (nSPS) is 24.9. The van der Waals surface area contributed by atoms with Crippen LogP contribution in [0.1, 0.15) is 42.7 Å². The maximum Gasteiger partial charge on any atom is 0.270 e. The van der Waals surface area contributed by atoms with Gasteiger partial charge in [-0.05, 0) is 36.8 Å². The van der Waals surface area contributed by atoms with Crippen LogP contribution in [0.5, 0.6) is 0 Å². The zero-order valence-corrected chi connectivity index (χ0v) is 11.9. The van der Waals surface area contributed by atoms with E-state index in [-0.39, 0.29) is 18.6 Å². The van der Waals surface area contributed by atoms with Gasteiger partial charge in [-0.2, -0.15) is 0 Å². The van der Waals surface area contributed by atoms with Gasteiger partial charge >= 0.3 is 0 Å². The summed E-state index contributed by atoms with van der Waals surface area (Å²) in [6.45, 7) is 4.23.